The predicted octanol–water partition coefficient (Wildman–Crippen LogP) is 2.71. The van der Waals surface area contributed by atoms with Crippen LogP contribution in [0.4, 0.5) is 0 Å². The lowest BCUT2D eigenvalue weighted by Gasteiger charge is -2.28. The van der Waals surface area contributed by atoms with Gasteiger partial charge in [-0.25, -0.2) is 0 Å². The van der Waals surface area contributed by atoms with Crippen molar-refractivity contribution in [1.29, 1.82) is 0 Å². The molecule has 1 N–H and O–H groups in total. The molecule has 0 radical (unpaired) electrons. The van der Waals surface area contributed by atoms with Crippen molar-refractivity contribution in [2.75, 3.05) is 6.54 Å². The maximum absolute atomic E-state index is 3.69. The van der Waals surface area contributed by atoms with Gasteiger partial charge in [0.15, 0.2) is 0 Å². The number of hydrogen-bond acceptors (Lipinski definition) is 1. The Balaban J connectivity index is 2.33. The van der Waals surface area contributed by atoms with Crippen LogP contribution in [0.1, 0.15) is 52.4 Å². The lowest BCUT2D eigenvalue weighted by molar-refractivity contribution is 0.321. The Morgan fingerprint density at radius 1 is 1.18 bits per heavy atom. The second kappa shape index (κ2) is 4.10. The fourth-order valence-electron chi connectivity index (χ4n) is 2.10. The molecule has 11 heavy (non-hydrogen) atoms. The molecule has 0 spiro atoms. The van der Waals surface area contributed by atoms with Crippen molar-refractivity contribution in [2.24, 2.45) is 0 Å². The van der Waals surface area contributed by atoms with Crippen LogP contribution in [0.5, 0.6) is 0 Å². The molecule has 0 aromatic carbocycles. The third-order valence-electron chi connectivity index (χ3n) is 2.99. The molecule has 1 fully saturated rings. The van der Waals surface area contributed by atoms with Crippen LogP contribution in [0, 0.1) is 0 Å². The smallest absolute Gasteiger partial charge is 0.0178 e. The van der Waals surface area contributed by atoms with Gasteiger partial charge >= 0.3 is 0 Å². The zero-order valence-electron chi connectivity index (χ0n) is 7.95. The number of nitrogens with one attached hydrogen (secondary N) is 1. The predicted molar refractivity (Wildman–Crippen MR) is 49.8 cm³/mol. The second-order valence-electron chi connectivity index (χ2n) is 3.77. The van der Waals surface area contributed by atoms with Crippen LogP contribution < -0.4 is 5.32 Å². The molecule has 0 bridgehead atoms. The zero-order chi connectivity index (χ0) is 8.16. The van der Waals surface area contributed by atoms with Crippen LogP contribution in [0.3, 0.4) is 0 Å². The monoisotopic (exact) mass is 155 g/mol. The summed E-state index contributed by atoms with van der Waals surface area (Å²) in [5.41, 5.74) is 0.538. The maximum atomic E-state index is 3.69. The average Bonchev–Trinajstić information content (AvgIpc) is 2.50. The molecule has 1 heteroatoms. The zero-order valence-corrected chi connectivity index (χ0v) is 7.95. The van der Waals surface area contributed by atoms with E-state index in [1.54, 1.807) is 0 Å². The summed E-state index contributed by atoms with van der Waals surface area (Å²) in [4.78, 5) is 0. The van der Waals surface area contributed by atoms with E-state index in [4.69, 9.17) is 0 Å². The quantitative estimate of drug-likeness (QED) is 0.658. The summed E-state index contributed by atoms with van der Waals surface area (Å²) in [6, 6.07) is 0. The second-order valence-corrected chi connectivity index (χ2v) is 3.77. The van der Waals surface area contributed by atoms with E-state index in [0.29, 0.717) is 5.54 Å². The normalized spacial score (nSPS) is 22.4. The van der Waals surface area contributed by atoms with E-state index >= 15 is 0 Å². The highest BCUT2D eigenvalue weighted by Gasteiger charge is 2.30. The molecule has 0 amide bonds. The van der Waals surface area contributed by atoms with Gasteiger partial charge in [-0.1, -0.05) is 26.7 Å². The van der Waals surface area contributed by atoms with Crippen LogP contribution >= 0.6 is 0 Å². The van der Waals surface area contributed by atoms with Gasteiger partial charge in [0, 0.05) is 5.54 Å². The molecule has 66 valence electrons. The number of hydrogen-bond donors (Lipinski definition) is 1. The van der Waals surface area contributed by atoms with Gasteiger partial charge in [0.05, 0.1) is 0 Å². The molecule has 1 nitrogen and oxygen atoms in total. The highest BCUT2D eigenvalue weighted by atomic mass is 15.0. The minimum Gasteiger partial charge on any atom is -0.311 e. The first-order valence-corrected chi connectivity index (χ1v) is 5.08. The molecule has 0 saturated heterocycles. The first-order valence-electron chi connectivity index (χ1n) is 5.08. The van der Waals surface area contributed by atoms with Gasteiger partial charge in [0.2, 0.25) is 0 Å². The lowest BCUT2D eigenvalue weighted by atomic mass is 9.94. The van der Waals surface area contributed by atoms with Crippen molar-refractivity contribution in [3.05, 3.63) is 0 Å². The Hall–Kier alpha value is -0.0400. The lowest BCUT2D eigenvalue weighted by Crippen LogP contribution is -2.42. The van der Waals surface area contributed by atoms with E-state index < -0.39 is 0 Å². The summed E-state index contributed by atoms with van der Waals surface area (Å²) in [7, 11) is 0. The molecule has 1 rings (SSSR count). The van der Waals surface area contributed by atoms with Gasteiger partial charge in [0.1, 0.15) is 0 Å². The van der Waals surface area contributed by atoms with Crippen LogP contribution in [-0.2, 0) is 0 Å². The first-order chi connectivity index (χ1) is 5.33. The Morgan fingerprint density at radius 2 is 1.82 bits per heavy atom. The molecule has 1 saturated carbocycles. The van der Waals surface area contributed by atoms with E-state index in [2.05, 4.69) is 19.2 Å². The molecular formula is C10H21N. The largest absolute Gasteiger partial charge is 0.311 e. The highest BCUT2D eigenvalue weighted by molar-refractivity contribution is 4.90. The molecule has 1 aliphatic carbocycles. The molecule has 0 aliphatic heterocycles. The summed E-state index contributed by atoms with van der Waals surface area (Å²) in [5.74, 6) is 0. The highest BCUT2D eigenvalue weighted by Crippen LogP contribution is 2.32. The van der Waals surface area contributed by atoms with Gasteiger partial charge in [0.25, 0.3) is 0 Å². The standard InChI is InChI=1S/C10H21N/c1-3-9-11-10(4-2)7-5-6-8-10/h11H,3-9H2,1-2H3. The van der Waals surface area contributed by atoms with Gasteiger partial charge in [-0.2, -0.15) is 0 Å². The fourth-order valence-corrected chi connectivity index (χ4v) is 2.10. The summed E-state index contributed by atoms with van der Waals surface area (Å²) < 4.78 is 0. The Morgan fingerprint density at radius 3 is 2.27 bits per heavy atom. The SMILES string of the molecule is CCCNC1(CC)CCCC1. The van der Waals surface area contributed by atoms with Crippen molar-refractivity contribution in [3.63, 3.8) is 0 Å². The van der Waals surface area contributed by atoms with Crippen LogP contribution in [0.15, 0.2) is 0 Å². The van der Waals surface area contributed by atoms with Crippen molar-refractivity contribution >= 4 is 0 Å². The van der Waals surface area contributed by atoms with E-state index in [0.717, 1.165) is 0 Å². The molecule has 0 atom stereocenters. The van der Waals surface area contributed by atoms with Gasteiger partial charge in [-0.05, 0) is 32.2 Å². The summed E-state index contributed by atoms with van der Waals surface area (Å²) in [5, 5.41) is 3.69. The van der Waals surface area contributed by atoms with Crippen LogP contribution in [0.2, 0.25) is 0 Å². The van der Waals surface area contributed by atoms with Crippen molar-refractivity contribution in [1.82, 2.24) is 5.32 Å². The Labute approximate surface area is 70.6 Å². The van der Waals surface area contributed by atoms with Crippen molar-refractivity contribution in [3.8, 4) is 0 Å². The minimum absolute atomic E-state index is 0.538. The third kappa shape index (κ3) is 2.19. The molecule has 0 aromatic rings. The van der Waals surface area contributed by atoms with Crippen molar-refractivity contribution < 1.29 is 0 Å². The van der Waals surface area contributed by atoms with Crippen molar-refractivity contribution in [2.45, 2.75) is 57.9 Å². The first kappa shape index (κ1) is 9.05. The minimum atomic E-state index is 0.538. The summed E-state index contributed by atoms with van der Waals surface area (Å²) in [6.07, 6.45) is 8.26. The Bertz CT molecular complexity index is 103. The Kier molecular flexibility index (Phi) is 3.38. The third-order valence-corrected chi connectivity index (χ3v) is 2.99. The van der Waals surface area contributed by atoms with E-state index in [1.807, 2.05) is 0 Å². The average molecular weight is 155 g/mol. The van der Waals surface area contributed by atoms with Gasteiger partial charge in [-0.15, -0.1) is 0 Å². The van der Waals surface area contributed by atoms with Crippen LogP contribution in [-0.4, -0.2) is 12.1 Å². The molecule has 0 unspecified atom stereocenters. The van der Waals surface area contributed by atoms with E-state index in [9.17, 15) is 0 Å². The summed E-state index contributed by atoms with van der Waals surface area (Å²) in [6.45, 7) is 5.76. The van der Waals surface area contributed by atoms with Gasteiger partial charge < -0.3 is 5.32 Å². The summed E-state index contributed by atoms with van der Waals surface area (Å²) >= 11 is 0. The van der Waals surface area contributed by atoms with E-state index in [1.165, 1.54) is 45.1 Å². The topological polar surface area (TPSA) is 12.0 Å². The molecule has 0 aromatic heterocycles. The van der Waals surface area contributed by atoms with Gasteiger partial charge in [-0.3, -0.25) is 0 Å². The molecule has 0 heterocycles. The number of rotatable bonds is 4. The van der Waals surface area contributed by atoms with Crippen LogP contribution in [0.25, 0.3) is 0 Å². The fraction of sp³-hybridized carbons (Fsp3) is 1.00. The molecule has 1 aliphatic rings. The maximum Gasteiger partial charge on any atom is 0.0178 e. The molecular weight excluding hydrogens is 134 g/mol. The van der Waals surface area contributed by atoms with E-state index in [-0.39, 0.29) is 0 Å².